The fourth-order valence-electron chi connectivity index (χ4n) is 4.70. The number of quaternary nitrogens is 1. The molecule has 5 rings (SSSR count). The molecule has 1 aromatic carbocycles. The van der Waals surface area contributed by atoms with Gasteiger partial charge in [0.15, 0.2) is 5.65 Å². The maximum Gasteiger partial charge on any atom is 0.158 e. The predicted molar refractivity (Wildman–Crippen MR) is 115 cm³/mol. The van der Waals surface area contributed by atoms with Crippen LogP contribution in [0.3, 0.4) is 0 Å². The monoisotopic (exact) mass is 410 g/mol. The molecule has 7 heteroatoms. The number of nitrogens with zero attached hydrogens (tertiary/aromatic N) is 4. The van der Waals surface area contributed by atoms with Crippen LogP contribution in [-0.2, 0) is 17.6 Å². The van der Waals surface area contributed by atoms with Crippen molar-refractivity contribution in [3.05, 3.63) is 47.4 Å². The van der Waals surface area contributed by atoms with Crippen LogP contribution in [0, 0.1) is 5.82 Å². The van der Waals surface area contributed by atoms with Gasteiger partial charge in [-0.25, -0.2) is 9.37 Å². The quantitative estimate of drug-likeness (QED) is 0.630. The lowest BCUT2D eigenvalue weighted by molar-refractivity contribution is -0.901. The Labute approximate surface area is 176 Å². The number of hydrogen-bond acceptors (Lipinski definition) is 4. The topological polar surface area (TPSA) is 47.1 Å². The van der Waals surface area contributed by atoms with Gasteiger partial charge in [-0.05, 0) is 50.5 Å². The number of halogens is 1. The highest BCUT2D eigenvalue weighted by Crippen LogP contribution is 2.32. The number of benzene rings is 1. The smallest absolute Gasteiger partial charge is 0.158 e. The Morgan fingerprint density at radius 2 is 1.93 bits per heavy atom. The van der Waals surface area contributed by atoms with E-state index in [1.165, 1.54) is 29.2 Å². The number of nitrogens with one attached hydrogen (secondary N) is 1. The molecule has 3 aromatic rings. The lowest BCUT2D eigenvalue weighted by Crippen LogP contribution is -3.15. The van der Waals surface area contributed by atoms with Crippen molar-refractivity contribution in [3.8, 4) is 11.3 Å². The van der Waals surface area contributed by atoms with Crippen molar-refractivity contribution in [3.63, 3.8) is 0 Å². The number of rotatable bonds is 6. The molecule has 0 atom stereocenters. The second kappa shape index (κ2) is 8.32. The van der Waals surface area contributed by atoms with Crippen molar-refractivity contribution in [1.82, 2.24) is 14.6 Å². The molecular formula is C23H29FN5O+. The van der Waals surface area contributed by atoms with Gasteiger partial charge in [-0.15, -0.1) is 0 Å². The summed E-state index contributed by atoms with van der Waals surface area (Å²) < 4.78 is 20.9. The number of piperazine rings is 1. The van der Waals surface area contributed by atoms with Crippen molar-refractivity contribution in [2.24, 2.45) is 0 Å². The van der Waals surface area contributed by atoms with E-state index in [0.29, 0.717) is 0 Å². The normalized spacial score (nSPS) is 17.1. The third kappa shape index (κ3) is 3.68. The van der Waals surface area contributed by atoms with Gasteiger partial charge in [-0.1, -0.05) is 0 Å². The van der Waals surface area contributed by atoms with Gasteiger partial charge in [0.2, 0.25) is 0 Å². The summed E-state index contributed by atoms with van der Waals surface area (Å²) in [5, 5.41) is 4.91. The minimum absolute atomic E-state index is 0.231. The van der Waals surface area contributed by atoms with Crippen molar-refractivity contribution in [2.75, 3.05) is 50.8 Å². The molecule has 0 spiro atoms. The fourth-order valence-corrected chi connectivity index (χ4v) is 4.70. The van der Waals surface area contributed by atoms with Crippen LogP contribution in [0.1, 0.15) is 24.6 Å². The predicted octanol–water partition coefficient (Wildman–Crippen LogP) is 1.77. The van der Waals surface area contributed by atoms with Gasteiger partial charge >= 0.3 is 0 Å². The average Bonchev–Trinajstić information content (AvgIpc) is 3.40. The zero-order valence-corrected chi connectivity index (χ0v) is 17.5. The highest BCUT2D eigenvalue weighted by molar-refractivity contribution is 5.67. The molecule has 158 valence electrons. The van der Waals surface area contributed by atoms with Crippen LogP contribution in [0.4, 0.5) is 10.2 Å². The first-order chi connectivity index (χ1) is 14.7. The summed E-state index contributed by atoms with van der Waals surface area (Å²) in [6.45, 7) is 8.99. The molecule has 30 heavy (non-hydrogen) atoms. The Morgan fingerprint density at radius 3 is 2.70 bits per heavy atom. The van der Waals surface area contributed by atoms with Crippen LogP contribution in [0.25, 0.3) is 16.9 Å². The van der Waals surface area contributed by atoms with Crippen LogP contribution in [0.15, 0.2) is 30.3 Å². The SMILES string of the molecule is CCOCC[NH+]1CCN(c2c3c(nc4cc(-c5ccc(F)cc5)nn24)CCC3)CC1. The Morgan fingerprint density at radius 1 is 1.13 bits per heavy atom. The molecule has 1 saturated heterocycles. The maximum absolute atomic E-state index is 13.3. The summed E-state index contributed by atoms with van der Waals surface area (Å²) in [4.78, 5) is 9.01. The Bertz CT molecular complexity index is 1020. The number of anilines is 1. The molecule has 1 aliphatic heterocycles. The minimum atomic E-state index is -0.231. The van der Waals surface area contributed by atoms with Gasteiger partial charge < -0.3 is 14.5 Å². The van der Waals surface area contributed by atoms with Crippen molar-refractivity contribution >= 4 is 11.5 Å². The summed E-state index contributed by atoms with van der Waals surface area (Å²) in [5.41, 5.74) is 5.21. The third-order valence-corrected chi connectivity index (χ3v) is 6.31. The van der Waals surface area contributed by atoms with Crippen molar-refractivity contribution in [1.29, 1.82) is 0 Å². The van der Waals surface area contributed by atoms with E-state index in [4.69, 9.17) is 14.8 Å². The van der Waals surface area contributed by atoms with Gasteiger partial charge in [-0.3, -0.25) is 0 Å². The zero-order chi connectivity index (χ0) is 20.5. The molecule has 1 N–H and O–H groups in total. The summed E-state index contributed by atoms with van der Waals surface area (Å²) in [5.74, 6) is 0.981. The van der Waals surface area contributed by atoms with Gasteiger partial charge in [-0.2, -0.15) is 9.61 Å². The minimum Gasteiger partial charge on any atom is -0.376 e. The van der Waals surface area contributed by atoms with Crippen LogP contribution >= 0.6 is 0 Å². The summed E-state index contributed by atoms with van der Waals surface area (Å²) in [7, 11) is 0. The first-order valence-corrected chi connectivity index (χ1v) is 11.1. The highest BCUT2D eigenvalue weighted by Gasteiger charge is 2.28. The summed E-state index contributed by atoms with van der Waals surface area (Å²) in [6.07, 6.45) is 3.26. The number of hydrogen-bond donors (Lipinski definition) is 1. The molecule has 2 aromatic heterocycles. The molecule has 0 radical (unpaired) electrons. The van der Waals surface area contributed by atoms with E-state index in [2.05, 4.69) is 4.90 Å². The van der Waals surface area contributed by atoms with Gasteiger partial charge in [0.1, 0.15) is 18.2 Å². The molecular weight excluding hydrogens is 381 g/mol. The molecule has 3 heterocycles. The molecule has 0 bridgehead atoms. The number of aryl methyl sites for hydroxylation is 1. The molecule has 0 saturated carbocycles. The van der Waals surface area contributed by atoms with Crippen LogP contribution in [0.5, 0.6) is 0 Å². The van der Waals surface area contributed by atoms with Gasteiger partial charge in [0, 0.05) is 29.5 Å². The second-order valence-corrected chi connectivity index (χ2v) is 8.20. The number of ether oxygens (including phenoxy) is 1. The molecule has 0 amide bonds. The van der Waals surface area contributed by atoms with E-state index in [1.54, 1.807) is 17.0 Å². The molecule has 1 aliphatic carbocycles. The van der Waals surface area contributed by atoms with Gasteiger partial charge in [0.25, 0.3) is 0 Å². The first kappa shape index (κ1) is 19.5. The van der Waals surface area contributed by atoms with Crippen LogP contribution in [0.2, 0.25) is 0 Å². The first-order valence-electron chi connectivity index (χ1n) is 11.1. The Kier molecular flexibility index (Phi) is 5.39. The largest absolute Gasteiger partial charge is 0.376 e. The van der Waals surface area contributed by atoms with Crippen LogP contribution in [-0.4, -0.2) is 60.5 Å². The molecule has 6 nitrogen and oxygen atoms in total. The van der Waals surface area contributed by atoms with Crippen molar-refractivity contribution < 1.29 is 14.0 Å². The van der Waals surface area contributed by atoms with E-state index in [9.17, 15) is 4.39 Å². The molecule has 1 fully saturated rings. The average molecular weight is 411 g/mol. The van der Waals surface area contributed by atoms with E-state index >= 15 is 0 Å². The second-order valence-electron chi connectivity index (χ2n) is 8.20. The van der Waals surface area contributed by atoms with E-state index in [-0.39, 0.29) is 5.82 Å². The fraction of sp³-hybridized carbons (Fsp3) is 0.478. The lowest BCUT2D eigenvalue weighted by Gasteiger charge is -2.34. The maximum atomic E-state index is 13.3. The van der Waals surface area contributed by atoms with E-state index in [0.717, 1.165) is 82.1 Å². The zero-order valence-electron chi connectivity index (χ0n) is 17.5. The Balaban J connectivity index is 1.46. The molecule has 0 unspecified atom stereocenters. The van der Waals surface area contributed by atoms with Crippen LogP contribution < -0.4 is 9.80 Å². The standard InChI is InChI=1S/C23H28FN5O/c1-2-30-15-14-27-10-12-28(13-11-27)23-19-4-3-5-20(19)25-22-16-21(26-29(22)23)17-6-8-18(24)9-7-17/h6-9,16H,2-5,10-15H2,1H3/p+1. The van der Waals surface area contributed by atoms with Crippen molar-refractivity contribution in [2.45, 2.75) is 26.2 Å². The third-order valence-electron chi connectivity index (χ3n) is 6.31. The van der Waals surface area contributed by atoms with Gasteiger partial charge in [0.05, 0.1) is 38.5 Å². The lowest BCUT2D eigenvalue weighted by atomic mass is 10.1. The van der Waals surface area contributed by atoms with E-state index in [1.807, 2.05) is 17.5 Å². The number of fused-ring (bicyclic) bond motifs is 2. The summed E-state index contributed by atoms with van der Waals surface area (Å²) >= 11 is 0. The highest BCUT2D eigenvalue weighted by atomic mass is 19.1. The number of aromatic nitrogens is 3. The molecule has 2 aliphatic rings. The Hall–Kier alpha value is -2.51. The summed E-state index contributed by atoms with van der Waals surface area (Å²) in [6, 6.07) is 8.56. The van der Waals surface area contributed by atoms with E-state index < -0.39 is 0 Å².